The van der Waals surface area contributed by atoms with Crippen LogP contribution in [0.25, 0.3) is 0 Å². The van der Waals surface area contributed by atoms with Gasteiger partial charge in [-0.3, -0.25) is 0 Å². The molecular formula is C6H6O6. The van der Waals surface area contributed by atoms with Crippen molar-refractivity contribution in [3.63, 3.8) is 0 Å². The molecule has 1 aliphatic heterocycles. The van der Waals surface area contributed by atoms with E-state index >= 15 is 0 Å². The SMILES string of the molecule is COC(=O)C1=C(C(=O)O)OCO1. The zero-order valence-corrected chi connectivity index (χ0v) is 6.20. The second-order valence-electron chi connectivity index (χ2n) is 1.86. The van der Waals surface area contributed by atoms with Crippen molar-refractivity contribution in [2.24, 2.45) is 0 Å². The van der Waals surface area contributed by atoms with Gasteiger partial charge >= 0.3 is 11.9 Å². The maximum Gasteiger partial charge on any atom is 0.377 e. The van der Waals surface area contributed by atoms with E-state index in [1.54, 1.807) is 0 Å². The third kappa shape index (κ3) is 1.31. The third-order valence-corrected chi connectivity index (χ3v) is 1.18. The largest absolute Gasteiger partial charge is 0.475 e. The summed E-state index contributed by atoms with van der Waals surface area (Å²) in [6.45, 7) is -0.272. The molecule has 1 N–H and O–H groups in total. The lowest BCUT2D eigenvalue weighted by Gasteiger charge is -1.96. The molecule has 1 aliphatic rings. The molecule has 0 unspecified atom stereocenters. The van der Waals surface area contributed by atoms with E-state index in [0.717, 1.165) is 7.11 Å². The highest BCUT2D eigenvalue weighted by atomic mass is 16.7. The first-order valence-electron chi connectivity index (χ1n) is 2.98. The van der Waals surface area contributed by atoms with Gasteiger partial charge in [-0.05, 0) is 0 Å². The van der Waals surface area contributed by atoms with Gasteiger partial charge in [0.25, 0.3) is 11.5 Å². The van der Waals surface area contributed by atoms with E-state index in [9.17, 15) is 9.59 Å². The van der Waals surface area contributed by atoms with Crippen LogP contribution in [0.1, 0.15) is 0 Å². The molecule has 0 fully saturated rings. The van der Waals surface area contributed by atoms with Crippen molar-refractivity contribution in [2.45, 2.75) is 0 Å². The number of rotatable bonds is 2. The molecule has 1 heterocycles. The second kappa shape index (κ2) is 3.12. The van der Waals surface area contributed by atoms with E-state index in [1.807, 2.05) is 0 Å². The molecule has 0 spiro atoms. The molecule has 6 heteroatoms. The number of hydrogen-bond donors (Lipinski definition) is 1. The minimum atomic E-state index is -1.35. The highest BCUT2D eigenvalue weighted by Crippen LogP contribution is 2.17. The Kier molecular flexibility index (Phi) is 2.18. The lowest BCUT2D eigenvalue weighted by molar-refractivity contribution is -0.141. The lowest BCUT2D eigenvalue weighted by Crippen LogP contribution is -2.10. The van der Waals surface area contributed by atoms with E-state index < -0.39 is 23.5 Å². The molecular weight excluding hydrogens is 168 g/mol. The molecule has 0 saturated heterocycles. The molecule has 0 aromatic heterocycles. The predicted molar refractivity (Wildman–Crippen MR) is 33.7 cm³/mol. The van der Waals surface area contributed by atoms with Crippen LogP contribution in [0.2, 0.25) is 0 Å². The van der Waals surface area contributed by atoms with E-state index in [4.69, 9.17) is 5.11 Å². The number of carbonyl (C=O) groups excluding carboxylic acids is 1. The molecule has 0 radical (unpaired) electrons. The van der Waals surface area contributed by atoms with Crippen molar-refractivity contribution < 1.29 is 28.9 Å². The van der Waals surface area contributed by atoms with Crippen molar-refractivity contribution in [3.05, 3.63) is 11.5 Å². The van der Waals surface area contributed by atoms with Crippen LogP contribution >= 0.6 is 0 Å². The number of hydrogen-bond acceptors (Lipinski definition) is 5. The Hall–Kier alpha value is -1.72. The van der Waals surface area contributed by atoms with Crippen molar-refractivity contribution in [1.29, 1.82) is 0 Å². The van der Waals surface area contributed by atoms with Gasteiger partial charge in [0.05, 0.1) is 7.11 Å². The van der Waals surface area contributed by atoms with Crippen LogP contribution in [-0.2, 0) is 23.8 Å². The Morgan fingerprint density at radius 1 is 1.42 bits per heavy atom. The van der Waals surface area contributed by atoms with Crippen LogP contribution in [0.5, 0.6) is 0 Å². The summed E-state index contributed by atoms with van der Waals surface area (Å²) in [4.78, 5) is 21.1. The fourth-order valence-corrected chi connectivity index (χ4v) is 0.682. The van der Waals surface area contributed by atoms with Crippen molar-refractivity contribution in [1.82, 2.24) is 0 Å². The number of carboxylic acids is 1. The normalized spacial score (nSPS) is 15.1. The zero-order valence-electron chi connectivity index (χ0n) is 6.20. The quantitative estimate of drug-likeness (QED) is 0.566. The Labute approximate surface area is 67.3 Å². The van der Waals surface area contributed by atoms with Crippen LogP contribution in [0.4, 0.5) is 0 Å². The Balaban J connectivity index is 2.91. The Bertz CT molecular complexity index is 253. The first-order chi connectivity index (χ1) is 5.66. The number of carboxylic acid groups (broad SMARTS) is 1. The monoisotopic (exact) mass is 174 g/mol. The van der Waals surface area contributed by atoms with Gasteiger partial charge in [0.2, 0.25) is 6.79 Å². The lowest BCUT2D eigenvalue weighted by atomic mass is 10.4. The van der Waals surface area contributed by atoms with E-state index in [-0.39, 0.29) is 6.79 Å². The molecule has 1 rings (SSSR count). The molecule has 6 nitrogen and oxygen atoms in total. The molecule has 0 amide bonds. The summed E-state index contributed by atoms with van der Waals surface area (Å²) < 4.78 is 13.3. The standard InChI is InChI=1S/C6H6O6/c1-10-6(9)4-3(5(7)8)11-2-12-4/h2H2,1H3,(H,7,8). The van der Waals surface area contributed by atoms with E-state index in [1.165, 1.54) is 0 Å². The van der Waals surface area contributed by atoms with Gasteiger partial charge in [0.1, 0.15) is 0 Å². The number of ether oxygens (including phenoxy) is 3. The smallest absolute Gasteiger partial charge is 0.377 e. The van der Waals surface area contributed by atoms with Gasteiger partial charge in [-0.2, -0.15) is 0 Å². The van der Waals surface area contributed by atoms with Gasteiger partial charge in [-0.15, -0.1) is 0 Å². The molecule has 0 aromatic carbocycles. The number of aliphatic carboxylic acids is 1. The van der Waals surface area contributed by atoms with Gasteiger partial charge < -0.3 is 19.3 Å². The summed E-state index contributed by atoms with van der Waals surface area (Å²) in [7, 11) is 1.12. The molecule has 0 atom stereocenters. The average molecular weight is 174 g/mol. The summed E-state index contributed by atoms with van der Waals surface area (Å²) in [5.74, 6) is -3.12. The van der Waals surface area contributed by atoms with Gasteiger partial charge in [0.15, 0.2) is 0 Å². The van der Waals surface area contributed by atoms with Crippen molar-refractivity contribution in [2.75, 3.05) is 13.9 Å². The minimum absolute atomic E-state index is 0.272. The first kappa shape index (κ1) is 8.38. The molecule has 0 saturated carbocycles. The Morgan fingerprint density at radius 2 is 2.00 bits per heavy atom. The molecule has 12 heavy (non-hydrogen) atoms. The second-order valence-corrected chi connectivity index (χ2v) is 1.86. The van der Waals surface area contributed by atoms with Gasteiger partial charge in [-0.1, -0.05) is 0 Å². The molecule has 0 aromatic rings. The van der Waals surface area contributed by atoms with E-state index in [0.29, 0.717) is 0 Å². The number of carbonyl (C=O) groups is 2. The molecule has 0 aliphatic carbocycles. The van der Waals surface area contributed by atoms with Gasteiger partial charge in [-0.25, -0.2) is 9.59 Å². The highest BCUT2D eigenvalue weighted by molar-refractivity contribution is 5.97. The fraction of sp³-hybridized carbons (Fsp3) is 0.333. The summed E-state index contributed by atoms with van der Waals surface area (Å²) in [5.41, 5.74) is 0. The maximum absolute atomic E-state index is 10.8. The first-order valence-corrected chi connectivity index (χ1v) is 2.98. The minimum Gasteiger partial charge on any atom is -0.475 e. The summed E-state index contributed by atoms with van der Waals surface area (Å²) in [6.07, 6.45) is 0. The van der Waals surface area contributed by atoms with Crippen LogP contribution in [-0.4, -0.2) is 30.9 Å². The number of methoxy groups -OCH3 is 1. The predicted octanol–water partition coefficient (Wildman–Crippen LogP) is -0.540. The highest BCUT2D eigenvalue weighted by Gasteiger charge is 2.30. The average Bonchev–Trinajstić information content (AvgIpc) is 2.50. The van der Waals surface area contributed by atoms with Crippen LogP contribution < -0.4 is 0 Å². The van der Waals surface area contributed by atoms with Crippen LogP contribution in [0.3, 0.4) is 0 Å². The van der Waals surface area contributed by atoms with Crippen LogP contribution in [0, 0.1) is 0 Å². The van der Waals surface area contributed by atoms with Gasteiger partial charge in [0, 0.05) is 0 Å². The Morgan fingerprint density at radius 3 is 2.50 bits per heavy atom. The number of esters is 1. The molecule has 66 valence electrons. The summed E-state index contributed by atoms with van der Waals surface area (Å²) >= 11 is 0. The zero-order chi connectivity index (χ0) is 9.14. The van der Waals surface area contributed by atoms with Crippen molar-refractivity contribution in [3.8, 4) is 0 Å². The van der Waals surface area contributed by atoms with Crippen molar-refractivity contribution >= 4 is 11.9 Å². The third-order valence-electron chi connectivity index (χ3n) is 1.18. The van der Waals surface area contributed by atoms with E-state index in [2.05, 4.69) is 14.2 Å². The summed E-state index contributed by atoms with van der Waals surface area (Å²) in [6, 6.07) is 0. The maximum atomic E-state index is 10.8. The van der Waals surface area contributed by atoms with Crippen LogP contribution in [0.15, 0.2) is 11.5 Å². The molecule has 0 bridgehead atoms. The fourth-order valence-electron chi connectivity index (χ4n) is 0.682. The topological polar surface area (TPSA) is 82.1 Å². The summed E-state index contributed by atoms with van der Waals surface area (Å²) in [5, 5.41) is 8.46.